The van der Waals surface area contributed by atoms with Gasteiger partial charge in [0.2, 0.25) is 0 Å². The van der Waals surface area contributed by atoms with Gasteiger partial charge >= 0.3 is 0 Å². The summed E-state index contributed by atoms with van der Waals surface area (Å²) in [5.41, 5.74) is 6.37. The van der Waals surface area contributed by atoms with Gasteiger partial charge in [-0.25, -0.2) is 0 Å². The van der Waals surface area contributed by atoms with Crippen LogP contribution >= 0.6 is 15.9 Å². The molecule has 0 spiro atoms. The van der Waals surface area contributed by atoms with Crippen molar-refractivity contribution in [3.05, 3.63) is 24.3 Å². The Morgan fingerprint density at radius 3 is 2.29 bits per heavy atom. The predicted molar refractivity (Wildman–Crippen MR) is 71.8 cm³/mol. The van der Waals surface area contributed by atoms with Crippen LogP contribution in [-0.4, -0.2) is 38.4 Å². The molecule has 1 rings (SSSR count). The van der Waals surface area contributed by atoms with E-state index < -0.39 is 0 Å². The number of nitrogens with two attached hydrogens (primary N) is 1. The Kier molecular flexibility index (Phi) is 7.79. The number of para-hydroxylation sites is 2. The van der Waals surface area contributed by atoms with E-state index in [0.29, 0.717) is 44.5 Å². The standard InChI is InChI=1S/C12H18BrNO3/c13-5-6-15-7-8-16-9-10-17-12-4-2-1-3-11(12)14/h1-4H,5-10,14H2. The average molecular weight is 304 g/mol. The summed E-state index contributed by atoms with van der Waals surface area (Å²) in [6, 6.07) is 7.42. The second kappa shape index (κ2) is 9.27. The van der Waals surface area contributed by atoms with E-state index in [9.17, 15) is 0 Å². The third-order valence-electron chi connectivity index (χ3n) is 2.00. The minimum atomic E-state index is 0.493. The SMILES string of the molecule is Nc1ccccc1OCCOCCOCCBr. The van der Waals surface area contributed by atoms with E-state index in [1.807, 2.05) is 24.3 Å². The zero-order valence-corrected chi connectivity index (χ0v) is 11.3. The third-order valence-corrected chi connectivity index (χ3v) is 2.32. The molecule has 0 unspecified atom stereocenters. The van der Waals surface area contributed by atoms with Crippen LogP contribution in [0.5, 0.6) is 5.75 Å². The fraction of sp³-hybridized carbons (Fsp3) is 0.500. The minimum Gasteiger partial charge on any atom is -0.489 e. The molecule has 0 bridgehead atoms. The Balaban J connectivity index is 1.99. The van der Waals surface area contributed by atoms with Crippen LogP contribution in [0, 0.1) is 0 Å². The normalized spacial score (nSPS) is 10.4. The van der Waals surface area contributed by atoms with Crippen molar-refractivity contribution in [1.29, 1.82) is 0 Å². The zero-order chi connectivity index (χ0) is 12.3. The summed E-state index contributed by atoms with van der Waals surface area (Å²) in [5, 5.41) is 0.851. The maximum Gasteiger partial charge on any atom is 0.142 e. The molecule has 0 aliphatic carbocycles. The Morgan fingerprint density at radius 2 is 1.59 bits per heavy atom. The monoisotopic (exact) mass is 303 g/mol. The molecule has 0 aromatic heterocycles. The lowest BCUT2D eigenvalue weighted by Gasteiger charge is -2.09. The molecule has 0 atom stereocenters. The Hall–Kier alpha value is -0.780. The van der Waals surface area contributed by atoms with Crippen LogP contribution in [0.25, 0.3) is 0 Å². The summed E-state index contributed by atoms with van der Waals surface area (Å²) < 4.78 is 16.0. The first kappa shape index (κ1) is 14.3. The minimum absolute atomic E-state index is 0.493. The van der Waals surface area contributed by atoms with Crippen LogP contribution in [0.3, 0.4) is 0 Å². The maximum atomic E-state index is 5.73. The highest BCUT2D eigenvalue weighted by molar-refractivity contribution is 9.09. The summed E-state index contributed by atoms with van der Waals surface area (Å²) >= 11 is 3.28. The summed E-state index contributed by atoms with van der Waals surface area (Å²) in [6.07, 6.45) is 0. The van der Waals surface area contributed by atoms with Crippen molar-refractivity contribution in [3.63, 3.8) is 0 Å². The van der Waals surface area contributed by atoms with Gasteiger partial charge in [-0.3, -0.25) is 0 Å². The van der Waals surface area contributed by atoms with Gasteiger partial charge < -0.3 is 19.9 Å². The van der Waals surface area contributed by atoms with E-state index in [2.05, 4.69) is 15.9 Å². The lowest BCUT2D eigenvalue weighted by Crippen LogP contribution is -2.11. The number of rotatable bonds is 9. The highest BCUT2D eigenvalue weighted by Crippen LogP contribution is 2.19. The van der Waals surface area contributed by atoms with E-state index in [-0.39, 0.29) is 0 Å². The number of benzene rings is 1. The third kappa shape index (κ3) is 6.51. The topological polar surface area (TPSA) is 53.7 Å². The van der Waals surface area contributed by atoms with Crippen molar-refractivity contribution in [2.75, 3.05) is 44.1 Å². The van der Waals surface area contributed by atoms with Crippen molar-refractivity contribution in [3.8, 4) is 5.75 Å². The molecule has 0 amide bonds. The van der Waals surface area contributed by atoms with Crippen molar-refractivity contribution < 1.29 is 14.2 Å². The Bertz CT molecular complexity index is 310. The fourth-order valence-corrected chi connectivity index (χ4v) is 1.43. The number of hydrogen-bond acceptors (Lipinski definition) is 4. The van der Waals surface area contributed by atoms with Crippen molar-refractivity contribution >= 4 is 21.6 Å². The lowest BCUT2D eigenvalue weighted by molar-refractivity contribution is 0.0415. The molecule has 1 aromatic carbocycles. The molecular weight excluding hydrogens is 286 g/mol. The predicted octanol–water partition coefficient (Wildman–Crippen LogP) is 2.08. The van der Waals surface area contributed by atoms with Crippen LogP contribution < -0.4 is 10.5 Å². The second-order valence-electron chi connectivity index (χ2n) is 3.30. The van der Waals surface area contributed by atoms with Crippen LogP contribution in [0.4, 0.5) is 5.69 Å². The number of anilines is 1. The molecule has 17 heavy (non-hydrogen) atoms. The van der Waals surface area contributed by atoms with Crippen molar-refractivity contribution in [2.45, 2.75) is 0 Å². The number of hydrogen-bond donors (Lipinski definition) is 1. The molecule has 0 radical (unpaired) electrons. The van der Waals surface area contributed by atoms with Gasteiger partial charge in [-0.2, -0.15) is 0 Å². The number of nitrogen functional groups attached to an aromatic ring is 1. The number of ether oxygens (including phenoxy) is 3. The van der Waals surface area contributed by atoms with Crippen molar-refractivity contribution in [1.82, 2.24) is 0 Å². The molecule has 0 aliphatic rings. The molecule has 96 valence electrons. The summed E-state index contributed by atoms with van der Waals surface area (Å²) in [6.45, 7) is 2.93. The van der Waals surface area contributed by atoms with E-state index in [1.54, 1.807) is 0 Å². The largest absolute Gasteiger partial charge is 0.489 e. The van der Waals surface area contributed by atoms with E-state index in [4.69, 9.17) is 19.9 Å². The van der Waals surface area contributed by atoms with E-state index >= 15 is 0 Å². The van der Waals surface area contributed by atoms with Gasteiger partial charge in [0.15, 0.2) is 0 Å². The molecule has 1 aromatic rings. The van der Waals surface area contributed by atoms with Crippen LogP contribution in [0.15, 0.2) is 24.3 Å². The molecule has 0 saturated carbocycles. The molecule has 5 heteroatoms. The fourth-order valence-electron chi connectivity index (χ4n) is 1.20. The zero-order valence-electron chi connectivity index (χ0n) is 9.73. The van der Waals surface area contributed by atoms with E-state index in [0.717, 1.165) is 5.33 Å². The van der Waals surface area contributed by atoms with Crippen LogP contribution in [-0.2, 0) is 9.47 Å². The highest BCUT2D eigenvalue weighted by Gasteiger charge is 1.97. The molecule has 2 N–H and O–H groups in total. The second-order valence-corrected chi connectivity index (χ2v) is 4.09. The van der Waals surface area contributed by atoms with Gasteiger partial charge in [0.1, 0.15) is 12.4 Å². The molecular formula is C12H18BrNO3. The first-order chi connectivity index (χ1) is 8.34. The Morgan fingerprint density at radius 1 is 0.941 bits per heavy atom. The van der Waals surface area contributed by atoms with Gasteiger partial charge in [0, 0.05) is 5.33 Å². The molecule has 0 saturated heterocycles. The van der Waals surface area contributed by atoms with Crippen LogP contribution in [0.2, 0.25) is 0 Å². The quantitative estimate of drug-likeness (QED) is 0.431. The van der Waals surface area contributed by atoms with Gasteiger partial charge in [0.25, 0.3) is 0 Å². The Labute approximate surface area is 110 Å². The summed E-state index contributed by atoms with van der Waals surface area (Å²) in [4.78, 5) is 0. The molecule has 0 heterocycles. The number of alkyl halides is 1. The summed E-state index contributed by atoms with van der Waals surface area (Å²) in [5.74, 6) is 0.701. The average Bonchev–Trinajstić information content (AvgIpc) is 2.35. The maximum absolute atomic E-state index is 5.73. The van der Waals surface area contributed by atoms with Gasteiger partial charge in [-0.15, -0.1) is 0 Å². The summed E-state index contributed by atoms with van der Waals surface area (Å²) in [7, 11) is 0. The lowest BCUT2D eigenvalue weighted by atomic mass is 10.3. The number of halogens is 1. The van der Waals surface area contributed by atoms with Gasteiger partial charge in [-0.1, -0.05) is 28.1 Å². The molecule has 4 nitrogen and oxygen atoms in total. The van der Waals surface area contributed by atoms with Crippen LogP contribution in [0.1, 0.15) is 0 Å². The van der Waals surface area contributed by atoms with E-state index in [1.165, 1.54) is 0 Å². The molecule has 0 aliphatic heterocycles. The van der Waals surface area contributed by atoms with Gasteiger partial charge in [-0.05, 0) is 12.1 Å². The van der Waals surface area contributed by atoms with Crippen molar-refractivity contribution in [2.24, 2.45) is 0 Å². The molecule has 0 fully saturated rings. The van der Waals surface area contributed by atoms with Gasteiger partial charge in [0.05, 0.1) is 32.1 Å². The first-order valence-electron chi connectivity index (χ1n) is 5.53. The smallest absolute Gasteiger partial charge is 0.142 e. The first-order valence-corrected chi connectivity index (χ1v) is 6.65. The highest BCUT2D eigenvalue weighted by atomic mass is 79.9.